The van der Waals surface area contributed by atoms with E-state index in [1.54, 1.807) is 11.3 Å². The molecule has 1 aromatic heterocycles. The molecule has 2 spiro atoms. The van der Waals surface area contributed by atoms with Crippen molar-refractivity contribution in [3.63, 3.8) is 0 Å². The summed E-state index contributed by atoms with van der Waals surface area (Å²) in [4.78, 5) is 6.29. The zero-order valence-electron chi connectivity index (χ0n) is 68.7. The number of ether oxygens (including phenoxy) is 2. The van der Waals surface area contributed by atoms with Gasteiger partial charge in [0, 0.05) is 120 Å². The van der Waals surface area contributed by atoms with E-state index < -0.39 is 12.6 Å². The molecule has 0 radical (unpaired) electrons. The first-order valence-electron chi connectivity index (χ1n) is 41.6. The quantitative estimate of drug-likeness (QED) is 0.0617. The average Bonchev–Trinajstić information content (AvgIpc) is 1.78. The van der Waals surface area contributed by atoms with E-state index in [0.717, 1.165) is 111 Å². The maximum atomic E-state index is 12.1. The molecule has 5 N–H and O–H groups in total. The number of azo groups is 4. The Hall–Kier alpha value is -8.82. The van der Waals surface area contributed by atoms with Crippen LogP contribution in [0.2, 0.25) is 0 Å². The molecule has 0 saturated carbocycles. The zero-order chi connectivity index (χ0) is 80.9. The molecule has 620 valence electrons. The molecule has 0 bridgehead atoms. The van der Waals surface area contributed by atoms with Crippen molar-refractivity contribution in [3.05, 3.63) is 202 Å². The van der Waals surface area contributed by atoms with Gasteiger partial charge in [-0.25, -0.2) is 0 Å². The highest BCUT2D eigenvalue weighted by atomic mass is 32.1. The number of hydrogen-bond acceptors (Lipinski definition) is 23. The van der Waals surface area contributed by atoms with Gasteiger partial charge in [-0.15, -0.1) is 11.3 Å². The van der Waals surface area contributed by atoms with E-state index in [4.69, 9.17) is 9.47 Å². The van der Waals surface area contributed by atoms with Gasteiger partial charge >= 0.3 is 6.18 Å². The molecule has 6 aromatic rings. The lowest BCUT2D eigenvalue weighted by atomic mass is 9.79. The van der Waals surface area contributed by atoms with Gasteiger partial charge in [-0.1, -0.05) is 206 Å². The molecule has 26 heteroatoms. The number of thiophene rings is 1. The van der Waals surface area contributed by atoms with E-state index in [1.807, 2.05) is 68.2 Å². The van der Waals surface area contributed by atoms with Crippen LogP contribution in [0.3, 0.4) is 0 Å². The molecule has 3 fully saturated rings. The van der Waals surface area contributed by atoms with Crippen molar-refractivity contribution in [1.82, 2.24) is 36.9 Å². The number of nitrogens with zero attached hydrogens (tertiary/aromatic N) is 15. The summed E-state index contributed by atoms with van der Waals surface area (Å²) >= 11 is 1.78. The van der Waals surface area contributed by atoms with Crippen LogP contribution >= 0.6 is 11.3 Å². The summed E-state index contributed by atoms with van der Waals surface area (Å²) in [5.41, 5.74) is 24.1. The van der Waals surface area contributed by atoms with Crippen molar-refractivity contribution < 1.29 is 22.6 Å². The van der Waals surface area contributed by atoms with Gasteiger partial charge in [0.1, 0.15) is 0 Å². The van der Waals surface area contributed by atoms with Gasteiger partial charge in [0.2, 0.25) is 0 Å². The highest BCUT2D eigenvalue weighted by Gasteiger charge is 2.40. The summed E-state index contributed by atoms with van der Waals surface area (Å²) in [6.07, 6.45) is 14.3. The van der Waals surface area contributed by atoms with Gasteiger partial charge < -0.3 is 41.5 Å². The normalized spacial score (nSPS) is 24.6. The van der Waals surface area contributed by atoms with E-state index in [-0.39, 0.29) is 17.3 Å². The Balaban J connectivity index is 0.000000137. The van der Waals surface area contributed by atoms with E-state index >= 15 is 0 Å². The molecule has 22 nitrogen and oxygen atoms in total. The number of likely N-dealkylation sites (tertiary alicyclic amines) is 2. The SMILES string of the molecule is C1=NNC(c2cccs2)C1.C1CC2(CCO1)CN=NC2.CC(C)C1=NNC(c2ccccc2)C1.CC1(COCc2ccccc2)CN=NC1.CC1C=NNC1c1ccccc1.CCC1C=NNC1c1ccccc1.CCCC1(CCC(F)(F)F)CN=NC1.CN1CCC2NN=CC2C1.c1ccc(CN2CCC3(CC2)CN=NC3)cc1. The van der Waals surface area contributed by atoms with Crippen LogP contribution in [0.1, 0.15) is 175 Å². The molecule has 5 aromatic carbocycles. The smallest absolute Gasteiger partial charge is 0.381 e. The minimum atomic E-state index is -4.05. The minimum absolute atomic E-state index is 0.120. The number of piperidine rings is 2. The van der Waals surface area contributed by atoms with Crippen molar-refractivity contribution in [2.24, 2.45) is 112 Å². The largest absolute Gasteiger partial charge is 0.389 e. The minimum Gasteiger partial charge on any atom is -0.381 e. The molecule has 12 aliphatic rings. The van der Waals surface area contributed by atoms with E-state index in [2.05, 4.69) is 278 Å². The number of benzene rings is 5. The third-order valence-corrected chi connectivity index (χ3v) is 24.0. The zero-order valence-corrected chi connectivity index (χ0v) is 69.6. The lowest BCUT2D eigenvalue weighted by Crippen LogP contribution is -2.43. The number of hydrogen-bond donors (Lipinski definition) is 5. The van der Waals surface area contributed by atoms with Gasteiger partial charge in [0.25, 0.3) is 0 Å². The van der Waals surface area contributed by atoms with Crippen molar-refractivity contribution in [1.29, 1.82) is 0 Å². The standard InChI is InChI=1S/C14H19N3.C12H16N2O.C12H16N2.C11H14N2.C10H12N2.C9H15F3N2.C7H13N3.C7H12N2O.C7H8N2S/c1-2-4-13(5-3-1)10-17-8-6-14(7-9-17)11-15-16-12-14;1-12(8-13-14-9-12)10-15-7-11-5-3-2-4-6-11;1-9(2)11-8-12(14-13-11)10-6-4-3-5-7-10;1-2-9-8-12-13-11(9)10-6-4-3-5-7-10;1-8-7-11-12-10(8)9-5-3-2-4-6-9;1-2-3-8(6-13-14-7-8)4-5-9(10,11)12;1-10-3-2-7-6(5-10)4-8-9-7;1-3-10-4-2-7(1)5-8-9-6-7;1-2-7(10-5-1)6-3-4-8-9-6/h1-5H,6-12H2;2-6H,7-10H2,1H3;3-7,9,12,14H,8H2,1-2H3;3-9,11,13H,2H2,1H3;2-8,10,12H,1H3;2-7H2,1H3;4,6-7,9H,2-3,5H2,1H3;1-6H2;1-2,4-6,9H,3H2. The van der Waals surface area contributed by atoms with Crippen molar-refractivity contribution in [3.8, 4) is 0 Å². The van der Waals surface area contributed by atoms with Crippen molar-refractivity contribution in [2.45, 2.75) is 168 Å². The number of rotatable bonds is 16. The van der Waals surface area contributed by atoms with Crippen LogP contribution in [0, 0.1) is 45.3 Å². The number of fused-ring (bicyclic) bond motifs is 1. The number of nitrogens with one attached hydrogen (secondary N) is 5. The Bertz CT molecular complexity index is 3950. The fourth-order valence-corrected chi connectivity index (χ4v) is 16.2. The summed E-state index contributed by atoms with van der Waals surface area (Å²) in [6.45, 7) is 28.3. The first kappa shape index (κ1) is 88.5. The van der Waals surface area contributed by atoms with Gasteiger partial charge in [0.05, 0.1) is 95.8 Å². The van der Waals surface area contributed by atoms with Crippen LogP contribution in [-0.2, 0) is 22.6 Å². The van der Waals surface area contributed by atoms with Crippen LogP contribution in [0.25, 0.3) is 0 Å². The number of halogens is 3. The Morgan fingerprint density at radius 3 is 1.66 bits per heavy atom. The summed E-state index contributed by atoms with van der Waals surface area (Å²) in [6, 6.07) is 58.8. The predicted molar refractivity (Wildman–Crippen MR) is 459 cm³/mol. The second-order valence-corrected chi connectivity index (χ2v) is 34.0. The maximum Gasteiger partial charge on any atom is 0.389 e. The fourth-order valence-electron chi connectivity index (χ4n) is 15.4. The molecule has 0 amide bonds. The van der Waals surface area contributed by atoms with E-state index in [1.165, 1.54) is 83.8 Å². The third-order valence-electron chi connectivity index (χ3n) is 23.1. The molecule has 8 unspecified atom stereocenters. The summed E-state index contributed by atoms with van der Waals surface area (Å²) in [5, 5.41) is 54.7. The second-order valence-electron chi connectivity index (χ2n) is 33.0. The second kappa shape index (κ2) is 46.2. The molecule has 12 aliphatic heterocycles. The van der Waals surface area contributed by atoms with Crippen LogP contribution in [-0.4, -0.2) is 158 Å². The molecule has 0 aliphatic carbocycles. The van der Waals surface area contributed by atoms with Gasteiger partial charge in [-0.2, -0.15) is 79.6 Å². The lowest BCUT2D eigenvalue weighted by Gasteiger charge is -2.37. The monoisotopic (exact) mass is 1590 g/mol. The Kier molecular flexibility index (Phi) is 35.6. The molecule has 18 rings (SSSR count). The summed E-state index contributed by atoms with van der Waals surface area (Å²) in [7, 11) is 2.17. The lowest BCUT2D eigenvalue weighted by molar-refractivity contribution is -0.140. The fraction of sp³-hybridized carbons (Fsp3) is 0.562. The van der Waals surface area contributed by atoms with Gasteiger partial charge in [-0.05, 0) is 123 Å². The summed E-state index contributed by atoms with van der Waals surface area (Å²) in [5.74, 6) is 2.25. The van der Waals surface area contributed by atoms with Crippen LogP contribution < -0.4 is 27.1 Å². The highest BCUT2D eigenvalue weighted by molar-refractivity contribution is 7.10. The van der Waals surface area contributed by atoms with E-state index in [0.29, 0.717) is 84.4 Å². The highest BCUT2D eigenvalue weighted by Crippen LogP contribution is 2.40. The molecule has 13 heterocycles. The molecule has 8 atom stereocenters. The Morgan fingerprint density at radius 2 is 1.12 bits per heavy atom. The first-order chi connectivity index (χ1) is 55.9. The van der Waals surface area contributed by atoms with E-state index in [9.17, 15) is 13.2 Å². The Labute approximate surface area is 685 Å². The molecular formula is C89H125F3N20O2S. The summed E-state index contributed by atoms with van der Waals surface area (Å²) < 4.78 is 47.1. The molecule has 3 saturated heterocycles. The van der Waals surface area contributed by atoms with Gasteiger partial charge in [-0.3, -0.25) is 4.90 Å². The van der Waals surface area contributed by atoms with Crippen molar-refractivity contribution in [2.75, 3.05) is 105 Å². The van der Waals surface area contributed by atoms with Gasteiger partial charge in [0.15, 0.2) is 0 Å². The average molecular weight is 1600 g/mol. The Morgan fingerprint density at radius 1 is 0.574 bits per heavy atom. The van der Waals surface area contributed by atoms with Crippen LogP contribution in [0.5, 0.6) is 0 Å². The predicted octanol–water partition coefficient (Wildman–Crippen LogP) is 18.9. The van der Waals surface area contributed by atoms with Crippen LogP contribution in [0.15, 0.2) is 236 Å². The van der Waals surface area contributed by atoms with Crippen molar-refractivity contribution >= 4 is 41.9 Å². The maximum absolute atomic E-state index is 12.1. The topological polar surface area (TPSA) is 246 Å². The van der Waals surface area contributed by atoms with Crippen LogP contribution in [0.4, 0.5) is 13.2 Å². The number of hydrazone groups is 5. The third kappa shape index (κ3) is 29.4. The molecular weight excluding hydrogens is 1470 g/mol. The number of alkyl halides is 3. The molecule has 115 heavy (non-hydrogen) atoms. The first-order valence-corrected chi connectivity index (χ1v) is 42.5.